The van der Waals surface area contributed by atoms with E-state index in [-0.39, 0.29) is 12.2 Å². The molecule has 1 unspecified atom stereocenters. The Bertz CT molecular complexity index is 922. The van der Waals surface area contributed by atoms with E-state index in [9.17, 15) is 14.4 Å². The van der Waals surface area contributed by atoms with Crippen LogP contribution in [0.3, 0.4) is 0 Å². The first-order chi connectivity index (χ1) is 14.8. The van der Waals surface area contributed by atoms with Gasteiger partial charge in [-0.1, -0.05) is 30.8 Å². The highest BCUT2D eigenvalue weighted by molar-refractivity contribution is 5.87. The second-order valence-corrected chi connectivity index (χ2v) is 6.91. The third-order valence-corrected chi connectivity index (χ3v) is 4.10. The maximum atomic E-state index is 12.0. The number of amides is 2. The van der Waals surface area contributed by atoms with Crippen LogP contribution < -0.4 is 10.6 Å². The minimum absolute atomic E-state index is 0.0496. The van der Waals surface area contributed by atoms with Gasteiger partial charge in [0.25, 0.3) is 0 Å². The van der Waals surface area contributed by atoms with Crippen molar-refractivity contribution in [2.75, 3.05) is 24.4 Å². The maximum Gasteiger partial charge on any atom is 0.412 e. The van der Waals surface area contributed by atoms with E-state index in [1.54, 1.807) is 38.1 Å². The van der Waals surface area contributed by atoms with Crippen LogP contribution in [0.25, 0.3) is 0 Å². The molecule has 0 heterocycles. The quantitative estimate of drug-likeness (QED) is 0.366. The zero-order valence-electron chi connectivity index (χ0n) is 17.8. The summed E-state index contributed by atoms with van der Waals surface area (Å²) in [6.07, 6.45) is -1.06. The van der Waals surface area contributed by atoms with Crippen LogP contribution in [-0.4, -0.2) is 38.0 Å². The van der Waals surface area contributed by atoms with Crippen LogP contribution in [0.5, 0.6) is 0 Å². The smallest absolute Gasteiger partial charge is 0.412 e. The summed E-state index contributed by atoms with van der Waals surface area (Å²) in [6.45, 7) is 6.61. The molecule has 2 amide bonds. The first-order valence-corrected chi connectivity index (χ1v) is 9.60. The van der Waals surface area contributed by atoms with Crippen molar-refractivity contribution in [1.29, 1.82) is 0 Å². The average Bonchev–Trinajstić information content (AvgIpc) is 2.74. The summed E-state index contributed by atoms with van der Waals surface area (Å²) in [7, 11) is 1.31. The Morgan fingerprint density at radius 2 is 1.39 bits per heavy atom. The number of carbonyl (C=O) groups excluding carboxylic acids is 3. The Labute approximate surface area is 181 Å². The fraction of sp³-hybridized carbons (Fsp3) is 0.261. The van der Waals surface area contributed by atoms with Gasteiger partial charge in [0.2, 0.25) is 0 Å². The van der Waals surface area contributed by atoms with E-state index >= 15 is 0 Å². The van der Waals surface area contributed by atoms with Gasteiger partial charge in [-0.2, -0.15) is 0 Å². The Morgan fingerprint density at radius 1 is 0.903 bits per heavy atom. The maximum absolute atomic E-state index is 12.0. The lowest BCUT2D eigenvalue weighted by Gasteiger charge is -2.14. The summed E-state index contributed by atoms with van der Waals surface area (Å²) in [4.78, 5) is 34.5. The summed E-state index contributed by atoms with van der Waals surface area (Å²) in [6, 6.07) is 14.8. The van der Waals surface area contributed by atoms with Crippen LogP contribution in [0.15, 0.2) is 60.7 Å². The highest BCUT2D eigenvalue weighted by Gasteiger charge is 2.13. The number of esters is 1. The van der Waals surface area contributed by atoms with Gasteiger partial charge in [0.05, 0.1) is 7.11 Å². The summed E-state index contributed by atoms with van der Waals surface area (Å²) < 4.78 is 14.7. The van der Waals surface area contributed by atoms with Crippen molar-refractivity contribution in [3.63, 3.8) is 0 Å². The van der Waals surface area contributed by atoms with E-state index < -0.39 is 24.3 Å². The minimum Gasteiger partial charge on any atom is -0.458 e. The number of carbonyl (C=O) groups is 3. The normalized spacial score (nSPS) is 11.1. The molecule has 0 spiro atoms. The lowest BCUT2D eigenvalue weighted by atomic mass is 10.0. The van der Waals surface area contributed by atoms with Crippen molar-refractivity contribution >= 4 is 29.5 Å². The predicted octanol–water partition coefficient (Wildman–Crippen LogP) is 4.51. The number of hydrogen-bond acceptors (Lipinski definition) is 6. The molecule has 0 aliphatic heterocycles. The lowest BCUT2D eigenvalue weighted by molar-refractivity contribution is -0.141. The molecule has 164 valence electrons. The number of rotatable bonds is 8. The van der Waals surface area contributed by atoms with Crippen LogP contribution in [0, 0.1) is 0 Å². The third-order valence-electron chi connectivity index (χ3n) is 4.10. The van der Waals surface area contributed by atoms with Crippen molar-refractivity contribution in [1.82, 2.24) is 0 Å². The molecular formula is C23H26N2O6. The largest absolute Gasteiger partial charge is 0.458 e. The highest BCUT2D eigenvalue weighted by atomic mass is 16.6. The van der Waals surface area contributed by atoms with Crippen molar-refractivity contribution in [2.24, 2.45) is 0 Å². The Balaban J connectivity index is 1.82. The zero-order chi connectivity index (χ0) is 22.8. The summed E-state index contributed by atoms with van der Waals surface area (Å²) in [5, 5.41) is 5.23. The molecule has 8 heteroatoms. The summed E-state index contributed by atoms with van der Waals surface area (Å²) in [5.41, 5.74) is 3.63. The van der Waals surface area contributed by atoms with Gasteiger partial charge in [-0.05, 0) is 55.7 Å². The first kappa shape index (κ1) is 23.5. The highest BCUT2D eigenvalue weighted by Crippen LogP contribution is 2.16. The Hall–Kier alpha value is -3.81. The number of hydrogen-bond donors (Lipinski definition) is 2. The van der Waals surface area contributed by atoms with Crippen LogP contribution in [0.1, 0.15) is 25.0 Å². The zero-order valence-corrected chi connectivity index (χ0v) is 17.8. The molecule has 2 N–H and O–H groups in total. The number of ether oxygens (including phenoxy) is 3. The van der Waals surface area contributed by atoms with Gasteiger partial charge in [0.15, 0.2) is 0 Å². The van der Waals surface area contributed by atoms with Crippen molar-refractivity contribution < 1.29 is 28.6 Å². The Morgan fingerprint density at radius 3 is 1.84 bits per heavy atom. The summed E-state index contributed by atoms with van der Waals surface area (Å²) >= 11 is 0. The molecule has 0 saturated carbocycles. The van der Waals surface area contributed by atoms with Crippen molar-refractivity contribution in [3.05, 3.63) is 71.8 Å². The monoisotopic (exact) mass is 426 g/mol. The molecule has 2 aromatic carbocycles. The second-order valence-electron chi connectivity index (χ2n) is 6.91. The van der Waals surface area contributed by atoms with Gasteiger partial charge < -0.3 is 14.2 Å². The molecule has 0 radical (unpaired) electrons. The standard InChI is InChI=1S/C23H26N2O6/c1-15(2)21(26)30-14-16(3)31-23(28)25-20-11-7-18(8-12-20)13-17-5-9-19(10-6-17)24-22(27)29-4/h5-12,16H,1,13-14H2,2-4H3,(H,24,27)(H,25,28). The minimum atomic E-state index is -0.639. The molecule has 0 aromatic heterocycles. The van der Waals surface area contributed by atoms with Crippen LogP contribution >= 0.6 is 0 Å². The van der Waals surface area contributed by atoms with E-state index in [0.29, 0.717) is 17.8 Å². The number of benzene rings is 2. The topological polar surface area (TPSA) is 103 Å². The van der Waals surface area contributed by atoms with E-state index in [2.05, 4.69) is 21.9 Å². The first-order valence-electron chi connectivity index (χ1n) is 9.60. The van der Waals surface area contributed by atoms with Crippen LogP contribution in [-0.2, 0) is 25.4 Å². The predicted molar refractivity (Wildman–Crippen MR) is 117 cm³/mol. The molecule has 0 aliphatic carbocycles. The van der Waals surface area contributed by atoms with Crippen molar-refractivity contribution in [2.45, 2.75) is 26.4 Å². The molecule has 1 atom stereocenters. The number of methoxy groups -OCH3 is 1. The Kier molecular flexibility index (Phi) is 8.63. The average molecular weight is 426 g/mol. The van der Waals surface area contributed by atoms with Gasteiger partial charge in [-0.3, -0.25) is 10.6 Å². The van der Waals surface area contributed by atoms with Crippen molar-refractivity contribution in [3.8, 4) is 0 Å². The van der Waals surface area contributed by atoms with Gasteiger partial charge >= 0.3 is 18.2 Å². The van der Waals surface area contributed by atoms with E-state index in [0.717, 1.165) is 11.1 Å². The van der Waals surface area contributed by atoms with E-state index in [1.807, 2.05) is 24.3 Å². The molecule has 2 aromatic rings. The molecule has 0 saturated heterocycles. The molecule has 0 fully saturated rings. The summed E-state index contributed by atoms with van der Waals surface area (Å²) in [5.74, 6) is -0.527. The lowest BCUT2D eigenvalue weighted by Crippen LogP contribution is -2.25. The molecule has 2 rings (SSSR count). The number of anilines is 2. The SMILES string of the molecule is C=C(C)C(=O)OCC(C)OC(=O)Nc1ccc(Cc2ccc(NC(=O)OC)cc2)cc1. The molecule has 31 heavy (non-hydrogen) atoms. The molecule has 0 aliphatic rings. The fourth-order valence-electron chi connectivity index (χ4n) is 2.50. The van der Waals surface area contributed by atoms with Crippen LogP contribution in [0.2, 0.25) is 0 Å². The fourth-order valence-corrected chi connectivity index (χ4v) is 2.50. The van der Waals surface area contributed by atoms with E-state index in [4.69, 9.17) is 9.47 Å². The van der Waals surface area contributed by atoms with Gasteiger partial charge in [0.1, 0.15) is 12.7 Å². The third kappa shape index (κ3) is 8.22. The second kappa shape index (κ2) is 11.4. The van der Waals surface area contributed by atoms with Gasteiger partial charge in [-0.25, -0.2) is 14.4 Å². The van der Waals surface area contributed by atoms with Crippen LogP contribution in [0.4, 0.5) is 21.0 Å². The molecule has 0 bridgehead atoms. The molecule has 8 nitrogen and oxygen atoms in total. The number of nitrogens with one attached hydrogen (secondary N) is 2. The van der Waals surface area contributed by atoms with Gasteiger partial charge in [-0.15, -0.1) is 0 Å². The van der Waals surface area contributed by atoms with E-state index in [1.165, 1.54) is 7.11 Å². The van der Waals surface area contributed by atoms with Gasteiger partial charge in [0, 0.05) is 16.9 Å². The molecular weight excluding hydrogens is 400 g/mol.